The lowest BCUT2D eigenvalue weighted by Gasteiger charge is -2.01. The maximum atomic E-state index is 11.2. The van der Waals surface area contributed by atoms with E-state index in [1.807, 2.05) is 12.1 Å². The zero-order chi connectivity index (χ0) is 13.8. The summed E-state index contributed by atoms with van der Waals surface area (Å²) in [4.78, 5) is 22.0. The number of Topliss-reactive ketones (excluding diaryl/α,β-unsaturated/α-hetero) is 1. The molecule has 19 heavy (non-hydrogen) atoms. The normalized spacial score (nSPS) is 10.2. The van der Waals surface area contributed by atoms with Gasteiger partial charge < -0.3 is 5.32 Å². The van der Waals surface area contributed by atoms with Crippen molar-refractivity contribution in [2.75, 3.05) is 5.32 Å². The van der Waals surface area contributed by atoms with Crippen LogP contribution in [0.5, 0.6) is 0 Å². The van der Waals surface area contributed by atoms with Crippen LogP contribution in [-0.4, -0.2) is 21.5 Å². The molecule has 5 nitrogen and oxygen atoms in total. The number of nitrogens with zero attached hydrogens (tertiary/aromatic N) is 2. The van der Waals surface area contributed by atoms with Gasteiger partial charge in [0.05, 0.1) is 18.4 Å². The standard InChI is InChI=1S/C13H12ClN3O2/c1-9(18)13(19)16-12-6-15-17(8-12)7-10-2-4-11(14)5-3-10/h2-6,8H,7H2,1H3,(H,16,19). The highest BCUT2D eigenvalue weighted by atomic mass is 35.5. The lowest BCUT2D eigenvalue weighted by atomic mass is 10.2. The van der Waals surface area contributed by atoms with Crippen LogP contribution in [0.3, 0.4) is 0 Å². The molecule has 2 rings (SSSR count). The first-order valence-corrected chi connectivity index (χ1v) is 6.01. The molecule has 98 valence electrons. The van der Waals surface area contributed by atoms with E-state index in [0.29, 0.717) is 17.3 Å². The summed E-state index contributed by atoms with van der Waals surface area (Å²) in [6, 6.07) is 7.41. The molecule has 0 bridgehead atoms. The Morgan fingerprint density at radius 2 is 2.00 bits per heavy atom. The summed E-state index contributed by atoms with van der Waals surface area (Å²) in [6.45, 7) is 1.78. The monoisotopic (exact) mass is 277 g/mol. The van der Waals surface area contributed by atoms with E-state index in [1.165, 1.54) is 13.1 Å². The van der Waals surface area contributed by atoms with Gasteiger partial charge in [-0.2, -0.15) is 5.10 Å². The molecule has 0 saturated carbocycles. The first-order chi connectivity index (χ1) is 9.04. The molecular formula is C13H12ClN3O2. The highest BCUT2D eigenvalue weighted by Gasteiger charge is 2.08. The summed E-state index contributed by atoms with van der Waals surface area (Å²) < 4.78 is 1.67. The average Bonchev–Trinajstić information content (AvgIpc) is 2.79. The molecule has 0 saturated heterocycles. The molecule has 1 amide bonds. The number of rotatable bonds is 4. The molecule has 1 aromatic carbocycles. The van der Waals surface area contributed by atoms with Crippen molar-refractivity contribution in [2.45, 2.75) is 13.5 Å². The van der Waals surface area contributed by atoms with Gasteiger partial charge >= 0.3 is 0 Å². The average molecular weight is 278 g/mol. The Kier molecular flexibility index (Phi) is 3.97. The number of ketones is 1. The van der Waals surface area contributed by atoms with Gasteiger partial charge in [-0.05, 0) is 17.7 Å². The summed E-state index contributed by atoms with van der Waals surface area (Å²) in [5, 5.41) is 7.25. The van der Waals surface area contributed by atoms with Crippen molar-refractivity contribution in [3.8, 4) is 0 Å². The number of anilines is 1. The SMILES string of the molecule is CC(=O)C(=O)Nc1cnn(Cc2ccc(Cl)cc2)c1. The molecule has 1 N–H and O–H groups in total. The van der Waals surface area contributed by atoms with Crippen LogP contribution >= 0.6 is 11.6 Å². The Balaban J connectivity index is 2.03. The highest BCUT2D eigenvalue weighted by molar-refractivity contribution is 6.39. The van der Waals surface area contributed by atoms with Gasteiger partial charge in [-0.15, -0.1) is 0 Å². The number of amides is 1. The predicted molar refractivity (Wildman–Crippen MR) is 72.1 cm³/mol. The van der Waals surface area contributed by atoms with E-state index in [4.69, 9.17) is 11.6 Å². The number of benzene rings is 1. The third-order valence-electron chi connectivity index (χ3n) is 2.47. The lowest BCUT2D eigenvalue weighted by molar-refractivity contribution is -0.133. The second kappa shape index (κ2) is 5.67. The minimum absolute atomic E-state index is 0.495. The first kappa shape index (κ1) is 13.3. The Bertz CT molecular complexity index is 605. The Morgan fingerprint density at radius 1 is 1.32 bits per heavy atom. The second-order valence-electron chi connectivity index (χ2n) is 4.06. The van der Waals surface area contributed by atoms with Gasteiger partial charge in [-0.25, -0.2) is 0 Å². The first-order valence-electron chi connectivity index (χ1n) is 5.63. The van der Waals surface area contributed by atoms with Crippen molar-refractivity contribution in [3.63, 3.8) is 0 Å². The lowest BCUT2D eigenvalue weighted by Crippen LogP contribution is -2.19. The van der Waals surface area contributed by atoms with Gasteiger partial charge in [0.15, 0.2) is 0 Å². The molecular weight excluding hydrogens is 266 g/mol. The van der Waals surface area contributed by atoms with Crippen LogP contribution in [0.2, 0.25) is 5.02 Å². The molecule has 1 aromatic heterocycles. The van der Waals surface area contributed by atoms with Gasteiger partial charge in [0.1, 0.15) is 0 Å². The van der Waals surface area contributed by atoms with E-state index in [0.717, 1.165) is 5.56 Å². The molecule has 0 radical (unpaired) electrons. The topological polar surface area (TPSA) is 64.0 Å². The highest BCUT2D eigenvalue weighted by Crippen LogP contribution is 2.12. The van der Waals surface area contributed by atoms with Crippen molar-refractivity contribution >= 4 is 29.0 Å². The fourth-order valence-corrected chi connectivity index (χ4v) is 1.64. The van der Waals surface area contributed by atoms with Crippen LogP contribution in [0.25, 0.3) is 0 Å². The number of halogens is 1. The number of hydrogen-bond acceptors (Lipinski definition) is 3. The molecule has 1 heterocycles. The third-order valence-corrected chi connectivity index (χ3v) is 2.72. The second-order valence-corrected chi connectivity index (χ2v) is 4.50. The van der Waals surface area contributed by atoms with E-state index in [1.54, 1.807) is 23.0 Å². The molecule has 0 spiro atoms. The van der Waals surface area contributed by atoms with Gasteiger partial charge in [-0.1, -0.05) is 23.7 Å². The van der Waals surface area contributed by atoms with Crippen LogP contribution in [0.1, 0.15) is 12.5 Å². The Morgan fingerprint density at radius 3 is 2.63 bits per heavy atom. The minimum Gasteiger partial charge on any atom is -0.317 e. The molecule has 0 aliphatic rings. The van der Waals surface area contributed by atoms with Gasteiger partial charge in [0, 0.05) is 18.1 Å². The smallest absolute Gasteiger partial charge is 0.291 e. The molecule has 0 unspecified atom stereocenters. The van der Waals surface area contributed by atoms with Crippen molar-refractivity contribution < 1.29 is 9.59 Å². The summed E-state index contributed by atoms with van der Waals surface area (Å²) in [6.07, 6.45) is 3.16. The Hall–Kier alpha value is -2.14. The van der Waals surface area contributed by atoms with Crippen molar-refractivity contribution in [1.29, 1.82) is 0 Å². The van der Waals surface area contributed by atoms with Gasteiger partial charge in [-0.3, -0.25) is 14.3 Å². The van der Waals surface area contributed by atoms with E-state index >= 15 is 0 Å². The van der Waals surface area contributed by atoms with Crippen molar-refractivity contribution in [2.24, 2.45) is 0 Å². The number of nitrogens with one attached hydrogen (secondary N) is 1. The summed E-state index contributed by atoms with van der Waals surface area (Å²) >= 11 is 5.80. The number of hydrogen-bond donors (Lipinski definition) is 1. The van der Waals surface area contributed by atoms with Crippen molar-refractivity contribution in [3.05, 3.63) is 47.2 Å². The molecule has 6 heteroatoms. The van der Waals surface area contributed by atoms with E-state index in [2.05, 4.69) is 10.4 Å². The largest absolute Gasteiger partial charge is 0.317 e. The minimum atomic E-state index is -0.647. The molecule has 0 fully saturated rings. The fraction of sp³-hybridized carbons (Fsp3) is 0.154. The third kappa shape index (κ3) is 3.66. The molecule has 0 aliphatic carbocycles. The Labute approximate surface area is 115 Å². The van der Waals surface area contributed by atoms with E-state index < -0.39 is 11.7 Å². The van der Waals surface area contributed by atoms with Crippen LogP contribution in [0.15, 0.2) is 36.7 Å². The maximum Gasteiger partial charge on any atom is 0.291 e. The number of aromatic nitrogens is 2. The zero-order valence-corrected chi connectivity index (χ0v) is 11.0. The van der Waals surface area contributed by atoms with Crippen LogP contribution in [-0.2, 0) is 16.1 Å². The van der Waals surface area contributed by atoms with Gasteiger partial charge in [0.25, 0.3) is 5.91 Å². The van der Waals surface area contributed by atoms with E-state index in [9.17, 15) is 9.59 Å². The summed E-state index contributed by atoms with van der Waals surface area (Å²) in [7, 11) is 0. The summed E-state index contributed by atoms with van der Waals surface area (Å²) in [5.74, 6) is -1.18. The fourth-order valence-electron chi connectivity index (χ4n) is 1.51. The quantitative estimate of drug-likeness (QED) is 0.871. The number of carbonyl (C=O) groups excluding carboxylic acids is 2. The predicted octanol–water partition coefficient (Wildman–Crippen LogP) is 2.11. The van der Waals surface area contributed by atoms with Crippen molar-refractivity contribution in [1.82, 2.24) is 9.78 Å². The number of carbonyl (C=O) groups is 2. The molecule has 0 aliphatic heterocycles. The van der Waals surface area contributed by atoms with Crippen LogP contribution in [0, 0.1) is 0 Å². The van der Waals surface area contributed by atoms with E-state index in [-0.39, 0.29) is 0 Å². The maximum absolute atomic E-state index is 11.2. The summed E-state index contributed by atoms with van der Waals surface area (Å²) in [5.41, 5.74) is 1.53. The van der Waals surface area contributed by atoms with Crippen LogP contribution in [0.4, 0.5) is 5.69 Å². The zero-order valence-electron chi connectivity index (χ0n) is 10.3. The molecule has 2 aromatic rings. The van der Waals surface area contributed by atoms with Crippen LogP contribution < -0.4 is 5.32 Å². The van der Waals surface area contributed by atoms with Gasteiger partial charge in [0.2, 0.25) is 5.78 Å². The molecule has 0 atom stereocenters.